The van der Waals surface area contributed by atoms with E-state index >= 15 is 0 Å². The fourth-order valence-corrected chi connectivity index (χ4v) is 3.02. The van der Waals surface area contributed by atoms with Gasteiger partial charge in [-0.1, -0.05) is 13.8 Å². The maximum Gasteiger partial charge on any atom is 0.264 e. The molecule has 0 saturated carbocycles. The second-order valence-corrected chi connectivity index (χ2v) is 6.13. The first-order valence-corrected chi connectivity index (χ1v) is 6.66. The second-order valence-electron chi connectivity index (χ2n) is 5.22. The Morgan fingerprint density at radius 1 is 1.47 bits per heavy atom. The Labute approximate surface area is 105 Å². The third kappa shape index (κ3) is 2.27. The lowest BCUT2D eigenvalue weighted by Gasteiger charge is -2.36. The number of carbonyl (C=O) groups is 2. The summed E-state index contributed by atoms with van der Waals surface area (Å²) >= 11 is 1.48. The normalized spacial score (nSPS) is 19.5. The average molecular weight is 251 g/mol. The van der Waals surface area contributed by atoms with Gasteiger partial charge in [-0.2, -0.15) is 0 Å². The van der Waals surface area contributed by atoms with Crippen molar-refractivity contribution in [1.82, 2.24) is 4.90 Å². The molecule has 0 bridgehead atoms. The van der Waals surface area contributed by atoms with Gasteiger partial charge in [-0.05, 0) is 23.9 Å². The first-order valence-electron chi connectivity index (χ1n) is 5.78. The molecule has 0 unspecified atom stereocenters. The Hall–Kier alpha value is -1.16. The van der Waals surface area contributed by atoms with Crippen molar-refractivity contribution in [1.29, 1.82) is 0 Å². The number of ketones is 1. The molecular weight excluding hydrogens is 234 g/mol. The molecule has 3 nitrogen and oxygen atoms in total. The Balaban J connectivity index is 2.17. The second kappa shape index (κ2) is 4.26. The van der Waals surface area contributed by atoms with Gasteiger partial charge in [0, 0.05) is 24.9 Å². The molecule has 1 aromatic rings. The summed E-state index contributed by atoms with van der Waals surface area (Å²) in [5.41, 5.74) is 0.619. The van der Waals surface area contributed by atoms with Crippen molar-refractivity contribution in [3.05, 3.63) is 21.9 Å². The first kappa shape index (κ1) is 12.3. The molecular formula is C13H17NO2S. The van der Waals surface area contributed by atoms with Crippen LogP contribution in [-0.2, 0) is 4.79 Å². The van der Waals surface area contributed by atoms with Crippen LogP contribution in [0.1, 0.15) is 35.5 Å². The predicted octanol–water partition coefficient (Wildman–Crippen LogP) is 2.50. The molecule has 2 rings (SSSR count). The number of rotatable bonds is 1. The number of nitrogens with zero attached hydrogens (tertiary/aromatic N) is 1. The molecule has 0 atom stereocenters. The summed E-state index contributed by atoms with van der Waals surface area (Å²) in [7, 11) is 0. The van der Waals surface area contributed by atoms with Gasteiger partial charge in [0.2, 0.25) is 0 Å². The number of likely N-dealkylation sites (tertiary alicyclic amines) is 1. The van der Waals surface area contributed by atoms with Gasteiger partial charge in [-0.3, -0.25) is 9.59 Å². The number of hydrogen-bond donors (Lipinski definition) is 0. The van der Waals surface area contributed by atoms with Crippen LogP contribution in [-0.4, -0.2) is 29.7 Å². The van der Waals surface area contributed by atoms with Crippen molar-refractivity contribution in [2.75, 3.05) is 13.1 Å². The molecule has 1 aromatic heterocycles. The van der Waals surface area contributed by atoms with Crippen molar-refractivity contribution in [3.8, 4) is 0 Å². The van der Waals surface area contributed by atoms with Crippen LogP contribution in [0.3, 0.4) is 0 Å². The van der Waals surface area contributed by atoms with Crippen LogP contribution >= 0.6 is 11.3 Å². The highest BCUT2D eigenvalue weighted by molar-refractivity contribution is 7.12. The van der Waals surface area contributed by atoms with E-state index in [1.807, 2.05) is 32.2 Å². The van der Waals surface area contributed by atoms with E-state index in [9.17, 15) is 9.59 Å². The summed E-state index contributed by atoms with van der Waals surface area (Å²) in [4.78, 5) is 26.6. The lowest BCUT2D eigenvalue weighted by molar-refractivity contribution is -0.130. The van der Waals surface area contributed by atoms with E-state index in [-0.39, 0.29) is 11.7 Å². The summed E-state index contributed by atoms with van der Waals surface area (Å²) in [6.07, 6.45) is 0.475. The molecule has 0 aromatic carbocycles. The van der Waals surface area contributed by atoms with Crippen LogP contribution in [0.4, 0.5) is 0 Å². The highest BCUT2D eigenvalue weighted by Crippen LogP contribution is 2.27. The third-order valence-electron chi connectivity index (χ3n) is 3.29. The van der Waals surface area contributed by atoms with Crippen LogP contribution in [0.15, 0.2) is 11.4 Å². The molecule has 0 aliphatic carbocycles. The zero-order valence-corrected chi connectivity index (χ0v) is 11.3. The minimum atomic E-state index is -0.404. The average Bonchev–Trinajstić information content (AvgIpc) is 2.67. The van der Waals surface area contributed by atoms with Crippen molar-refractivity contribution in [2.45, 2.75) is 27.2 Å². The van der Waals surface area contributed by atoms with Gasteiger partial charge in [0.15, 0.2) is 0 Å². The highest BCUT2D eigenvalue weighted by atomic mass is 32.1. The van der Waals surface area contributed by atoms with Gasteiger partial charge >= 0.3 is 0 Å². The van der Waals surface area contributed by atoms with E-state index in [2.05, 4.69) is 0 Å². The van der Waals surface area contributed by atoms with E-state index < -0.39 is 5.41 Å². The van der Waals surface area contributed by atoms with E-state index in [1.165, 1.54) is 11.3 Å². The molecule has 4 heteroatoms. The van der Waals surface area contributed by atoms with E-state index in [0.29, 0.717) is 19.5 Å². The fourth-order valence-electron chi connectivity index (χ4n) is 2.13. The van der Waals surface area contributed by atoms with Crippen LogP contribution < -0.4 is 0 Å². The minimum Gasteiger partial charge on any atom is -0.337 e. The summed E-state index contributed by atoms with van der Waals surface area (Å²) in [6, 6.07) is 1.96. The SMILES string of the molecule is Cc1ccsc1C(=O)N1CCC(=O)C(C)(C)C1. The zero-order chi connectivity index (χ0) is 12.6. The highest BCUT2D eigenvalue weighted by Gasteiger charge is 2.36. The molecule has 0 spiro atoms. The van der Waals surface area contributed by atoms with E-state index in [4.69, 9.17) is 0 Å². The molecule has 2 heterocycles. The Morgan fingerprint density at radius 2 is 2.18 bits per heavy atom. The van der Waals surface area contributed by atoms with Crippen molar-refractivity contribution in [3.63, 3.8) is 0 Å². The number of piperidine rings is 1. The smallest absolute Gasteiger partial charge is 0.264 e. The maximum absolute atomic E-state index is 12.3. The molecule has 0 radical (unpaired) electrons. The van der Waals surface area contributed by atoms with Crippen LogP contribution in [0, 0.1) is 12.3 Å². The molecule has 1 aliphatic rings. The molecule has 1 amide bonds. The molecule has 17 heavy (non-hydrogen) atoms. The summed E-state index contributed by atoms with van der Waals surface area (Å²) in [6.45, 7) is 6.86. The lowest BCUT2D eigenvalue weighted by Crippen LogP contribution is -2.48. The van der Waals surface area contributed by atoms with Crippen molar-refractivity contribution in [2.24, 2.45) is 5.41 Å². The van der Waals surface area contributed by atoms with Gasteiger partial charge < -0.3 is 4.90 Å². The van der Waals surface area contributed by atoms with Crippen molar-refractivity contribution < 1.29 is 9.59 Å². The molecule has 1 saturated heterocycles. The minimum absolute atomic E-state index is 0.0677. The van der Waals surface area contributed by atoms with Gasteiger partial charge in [0.1, 0.15) is 5.78 Å². The summed E-state index contributed by atoms with van der Waals surface area (Å²) in [5, 5.41) is 1.93. The number of Topliss-reactive ketones (excluding diaryl/α,β-unsaturated/α-hetero) is 1. The van der Waals surface area contributed by atoms with Gasteiger partial charge in [-0.25, -0.2) is 0 Å². The number of hydrogen-bond acceptors (Lipinski definition) is 3. The van der Waals surface area contributed by atoms with Crippen molar-refractivity contribution >= 4 is 23.0 Å². The number of carbonyl (C=O) groups excluding carboxylic acids is 2. The third-order valence-corrected chi connectivity index (χ3v) is 4.30. The lowest BCUT2D eigenvalue weighted by atomic mass is 9.82. The quantitative estimate of drug-likeness (QED) is 0.769. The zero-order valence-electron chi connectivity index (χ0n) is 10.4. The van der Waals surface area contributed by atoms with E-state index in [0.717, 1.165) is 10.4 Å². The Kier molecular flexibility index (Phi) is 3.08. The van der Waals surface area contributed by atoms with Gasteiger partial charge in [0.25, 0.3) is 5.91 Å². The largest absolute Gasteiger partial charge is 0.337 e. The van der Waals surface area contributed by atoms with E-state index in [1.54, 1.807) is 4.90 Å². The monoisotopic (exact) mass is 251 g/mol. The standard InChI is InChI=1S/C13H17NO2S/c1-9-5-7-17-11(9)12(16)14-6-4-10(15)13(2,3)8-14/h5,7H,4,6,8H2,1-3H3. The number of amides is 1. The predicted molar refractivity (Wildman–Crippen MR) is 68.4 cm³/mol. The fraction of sp³-hybridized carbons (Fsp3) is 0.538. The van der Waals surface area contributed by atoms with Crippen LogP contribution in [0.5, 0.6) is 0 Å². The van der Waals surface area contributed by atoms with Crippen LogP contribution in [0.25, 0.3) is 0 Å². The van der Waals surface area contributed by atoms with Crippen LogP contribution in [0.2, 0.25) is 0 Å². The molecule has 0 N–H and O–H groups in total. The number of thiophene rings is 1. The number of aryl methyl sites for hydroxylation is 1. The Bertz CT molecular complexity index is 462. The van der Waals surface area contributed by atoms with Gasteiger partial charge in [-0.15, -0.1) is 11.3 Å². The molecule has 1 aliphatic heterocycles. The topological polar surface area (TPSA) is 37.4 Å². The maximum atomic E-state index is 12.3. The van der Waals surface area contributed by atoms with Gasteiger partial charge in [0.05, 0.1) is 4.88 Å². The summed E-state index contributed by atoms with van der Waals surface area (Å²) < 4.78 is 0. The molecule has 1 fully saturated rings. The first-order chi connectivity index (χ1) is 7.92. The Morgan fingerprint density at radius 3 is 2.71 bits per heavy atom. The molecule has 92 valence electrons. The summed E-state index contributed by atoms with van der Waals surface area (Å²) in [5.74, 6) is 0.322.